The molecule has 0 bridgehead atoms. The van der Waals surface area contributed by atoms with Crippen molar-refractivity contribution in [2.45, 2.75) is 6.42 Å². The van der Waals surface area contributed by atoms with Crippen molar-refractivity contribution < 1.29 is 28.5 Å². The quantitative estimate of drug-likeness (QED) is 0.638. The summed E-state index contributed by atoms with van der Waals surface area (Å²) in [5, 5.41) is 5.87. The second-order valence-corrected chi connectivity index (χ2v) is 5.68. The highest BCUT2D eigenvalue weighted by Crippen LogP contribution is 2.39. The van der Waals surface area contributed by atoms with Gasteiger partial charge in [-0.2, -0.15) is 0 Å². The van der Waals surface area contributed by atoms with E-state index in [2.05, 4.69) is 10.6 Å². The van der Waals surface area contributed by atoms with Crippen molar-refractivity contribution in [2.75, 3.05) is 45.6 Å². The summed E-state index contributed by atoms with van der Waals surface area (Å²) in [5.41, 5.74) is 1.43. The topological polar surface area (TPSA) is 95.1 Å². The molecule has 0 heterocycles. The number of anilines is 2. The van der Waals surface area contributed by atoms with Crippen molar-refractivity contribution in [1.29, 1.82) is 0 Å². The second-order valence-electron chi connectivity index (χ2n) is 5.68. The summed E-state index contributed by atoms with van der Waals surface area (Å²) in [6.45, 7) is 0.366. The fourth-order valence-electron chi connectivity index (χ4n) is 2.60. The van der Waals surface area contributed by atoms with Crippen LogP contribution in [0.15, 0.2) is 36.4 Å². The van der Waals surface area contributed by atoms with Gasteiger partial charge in [-0.3, -0.25) is 4.79 Å². The van der Waals surface area contributed by atoms with E-state index in [1.54, 1.807) is 36.4 Å². The van der Waals surface area contributed by atoms with Gasteiger partial charge in [0.2, 0.25) is 11.7 Å². The first-order chi connectivity index (χ1) is 13.5. The minimum absolute atomic E-state index is 0.187. The number of benzene rings is 2. The molecular formula is C20H24N2O6. The van der Waals surface area contributed by atoms with Crippen LogP contribution in [0.2, 0.25) is 0 Å². The number of para-hydroxylation sites is 1. The predicted octanol–water partition coefficient (Wildman–Crippen LogP) is 2.94. The van der Waals surface area contributed by atoms with Crippen LogP contribution in [0.25, 0.3) is 0 Å². The number of amides is 1. The minimum atomic E-state index is -0.508. The molecule has 0 atom stereocenters. The monoisotopic (exact) mass is 388 g/mol. The van der Waals surface area contributed by atoms with Crippen LogP contribution in [-0.4, -0.2) is 46.9 Å². The number of rotatable bonds is 9. The lowest BCUT2D eigenvalue weighted by atomic mass is 10.1. The van der Waals surface area contributed by atoms with Crippen molar-refractivity contribution in [3.8, 4) is 17.2 Å². The van der Waals surface area contributed by atoms with Crippen LogP contribution in [0, 0.1) is 0 Å². The summed E-state index contributed by atoms with van der Waals surface area (Å²) < 4.78 is 20.6. The molecule has 0 aliphatic heterocycles. The number of esters is 1. The number of methoxy groups -OCH3 is 4. The Morgan fingerprint density at radius 3 is 2.14 bits per heavy atom. The highest BCUT2D eigenvalue weighted by Gasteiger charge is 2.15. The molecule has 1 amide bonds. The molecule has 8 heteroatoms. The summed E-state index contributed by atoms with van der Waals surface area (Å²) in [4.78, 5) is 24.0. The number of carbonyl (C=O) groups excluding carboxylic acids is 2. The molecule has 0 aliphatic rings. The van der Waals surface area contributed by atoms with Crippen LogP contribution < -0.4 is 24.8 Å². The van der Waals surface area contributed by atoms with Crippen LogP contribution in [-0.2, 0) is 9.53 Å². The van der Waals surface area contributed by atoms with Crippen LogP contribution in [0.1, 0.15) is 16.8 Å². The molecular weight excluding hydrogens is 364 g/mol. The molecule has 2 aromatic carbocycles. The molecule has 0 unspecified atom stereocenters. The fourth-order valence-corrected chi connectivity index (χ4v) is 2.60. The van der Waals surface area contributed by atoms with E-state index in [1.165, 1.54) is 28.4 Å². The molecule has 0 aliphatic carbocycles. The first-order valence-electron chi connectivity index (χ1n) is 8.55. The third kappa shape index (κ3) is 5.06. The van der Waals surface area contributed by atoms with Gasteiger partial charge in [-0.05, 0) is 12.1 Å². The van der Waals surface area contributed by atoms with Crippen LogP contribution >= 0.6 is 0 Å². The average Bonchev–Trinajstić information content (AvgIpc) is 2.72. The first kappa shape index (κ1) is 20.9. The third-order valence-electron chi connectivity index (χ3n) is 3.95. The van der Waals surface area contributed by atoms with Crippen molar-refractivity contribution in [3.05, 3.63) is 42.0 Å². The van der Waals surface area contributed by atoms with E-state index in [0.717, 1.165) is 5.69 Å². The summed E-state index contributed by atoms with van der Waals surface area (Å²) in [6, 6.07) is 10.2. The number of nitrogens with one attached hydrogen (secondary N) is 2. The summed E-state index contributed by atoms with van der Waals surface area (Å²) in [6.07, 6.45) is 0.187. The van der Waals surface area contributed by atoms with E-state index in [4.69, 9.17) is 18.9 Å². The molecule has 0 spiro atoms. The molecule has 0 saturated heterocycles. The first-order valence-corrected chi connectivity index (χ1v) is 8.55. The maximum Gasteiger partial charge on any atom is 0.339 e. The summed E-state index contributed by atoms with van der Waals surface area (Å²) >= 11 is 0. The van der Waals surface area contributed by atoms with Gasteiger partial charge in [-0.1, -0.05) is 12.1 Å². The van der Waals surface area contributed by atoms with Crippen LogP contribution in [0.4, 0.5) is 11.4 Å². The maximum absolute atomic E-state index is 12.2. The maximum atomic E-state index is 12.2. The zero-order chi connectivity index (χ0) is 20.5. The Morgan fingerprint density at radius 1 is 0.929 bits per heavy atom. The van der Waals surface area contributed by atoms with Crippen molar-refractivity contribution in [3.63, 3.8) is 0 Å². The van der Waals surface area contributed by atoms with Crippen LogP contribution in [0.3, 0.4) is 0 Å². The summed E-state index contributed by atoms with van der Waals surface area (Å²) in [7, 11) is 5.90. The van der Waals surface area contributed by atoms with Crippen molar-refractivity contribution in [2.24, 2.45) is 0 Å². The Balaban J connectivity index is 1.99. The zero-order valence-electron chi connectivity index (χ0n) is 16.3. The van der Waals surface area contributed by atoms with Gasteiger partial charge in [0.1, 0.15) is 0 Å². The Labute approximate surface area is 163 Å². The van der Waals surface area contributed by atoms with Gasteiger partial charge < -0.3 is 29.6 Å². The molecule has 0 saturated carbocycles. The highest BCUT2D eigenvalue weighted by molar-refractivity contribution is 6.01. The Hall–Kier alpha value is -3.42. The SMILES string of the molecule is COC(=O)c1ccccc1NC(=O)CCNc1cc(OC)c(OC)c(OC)c1. The molecule has 150 valence electrons. The summed E-state index contributed by atoms with van der Waals surface area (Å²) in [5.74, 6) is 0.775. The van der Waals surface area contributed by atoms with Gasteiger partial charge in [0, 0.05) is 30.8 Å². The Kier molecular flexibility index (Phi) is 7.50. The molecule has 0 aromatic heterocycles. The average molecular weight is 388 g/mol. The standard InChI is InChI=1S/C20H24N2O6/c1-25-16-11-13(12-17(26-2)19(16)27-3)21-10-9-18(23)22-15-8-6-5-7-14(15)20(24)28-4/h5-8,11-12,21H,9-10H2,1-4H3,(H,22,23). The number of carbonyl (C=O) groups is 2. The molecule has 0 fully saturated rings. The fraction of sp³-hybridized carbons (Fsp3) is 0.300. The van der Waals surface area contributed by atoms with E-state index in [1.807, 2.05) is 0 Å². The molecule has 2 N–H and O–H groups in total. The molecule has 0 radical (unpaired) electrons. The Morgan fingerprint density at radius 2 is 1.57 bits per heavy atom. The predicted molar refractivity (Wildman–Crippen MR) is 106 cm³/mol. The molecule has 8 nitrogen and oxygen atoms in total. The van der Waals surface area contributed by atoms with Crippen LogP contribution in [0.5, 0.6) is 17.2 Å². The molecule has 28 heavy (non-hydrogen) atoms. The third-order valence-corrected chi connectivity index (χ3v) is 3.95. The van der Waals surface area contributed by atoms with Gasteiger partial charge in [-0.15, -0.1) is 0 Å². The lowest BCUT2D eigenvalue weighted by Crippen LogP contribution is -2.18. The van der Waals surface area contributed by atoms with Gasteiger partial charge >= 0.3 is 5.97 Å². The van der Waals surface area contributed by atoms with Gasteiger partial charge in [0.15, 0.2) is 11.5 Å². The van der Waals surface area contributed by atoms with Gasteiger partial charge in [0.25, 0.3) is 0 Å². The largest absolute Gasteiger partial charge is 0.493 e. The van der Waals surface area contributed by atoms with E-state index < -0.39 is 5.97 Å². The molecule has 2 aromatic rings. The number of hydrogen-bond acceptors (Lipinski definition) is 7. The van der Waals surface area contributed by atoms with Crippen molar-refractivity contribution >= 4 is 23.3 Å². The van der Waals surface area contributed by atoms with E-state index in [9.17, 15) is 9.59 Å². The lowest BCUT2D eigenvalue weighted by molar-refractivity contribution is -0.115. The van der Waals surface area contributed by atoms with E-state index >= 15 is 0 Å². The Bertz CT molecular complexity index is 812. The highest BCUT2D eigenvalue weighted by atomic mass is 16.5. The van der Waals surface area contributed by atoms with E-state index in [-0.39, 0.29) is 12.3 Å². The second kappa shape index (κ2) is 10.1. The number of ether oxygens (including phenoxy) is 4. The minimum Gasteiger partial charge on any atom is -0.493 e. The smallest absolute Gasteiger partial charge is 0.339 e. The zero-order valence-corrected chi connectivity index (χ0v) is 16.3. The van der Waals surface area contributed by atoms with Gasteiger partial charge in [0.05, 0.1) is 39.7 Å². The number of hydrogen-bond donors (Lipinski definition) is 2. The normalized spacial score (nSPS) is 10.0. The molecule has 2 rings (SSSR count). The van der Waals surface area contributed by atoms with Crippen molar-refractivity contribution in [1.82, 2.24) is 0 Å². The van der Waals surface area contributed by atoms with Gasteiger partial charge in [-0.25, -0.2) is 4.79 Å². The lowest BCUT2D eigenvalue weighted by Gasteiger charge is -2.15. The van der Waals surface area contributed by atoms with E-state index in [0.29, 0.717) is 35.0 Å².